The molecule has 0 heterocycles. The van der Waals surface area contributed by atoms with E-state index in [0.29, 0.717) is 23.9 Å². The Balaban J connectivity index is 2.03. The minimum absolute atomic E-state index is 0.344. The highest BCUT2D eigenvalue weighted by molar-refractivity contribution is 6.30. The SMILES string of the molecule is COCc1cccc(CNc2cc(F)cc(Cl)c2)c1. The lowest BCUT2D eigenvalue weighted by Crippen LogP contribution is -2.00. The highest BCUT2D eigenvalue weighted by atomic mass is 35.5. The Morgan fingerprint density at radius 3 is 2.68 bits per heavy atom. The molecular weight excluding hydrogens is 265 g/mol. The molecule has 1 N–H and O–H groups in total. The van der Waals surface area contributed by atoms with Crippen LogP contribution in [0, 0.1) is 5.82 Å². The second kappa shape index (κ2) is 6.55. The number of anilines is 1. The lowest BCUT2D eigenvalue weighted by molar-refractivity contribution is 0.185. The first-order valence-corrected chi connectivity index (χ1v) is 6.32. The van der Waals surface area contributed by atoms with Crippen molar-refractivity contribution in [3.63, 3.8) is 0 Å². The van der Waals surface area contributed by atoms with Crippen molar-refractivity contribution < 1.29 is 9.13 Å². The minimum Gasteiger partial charge on any atom is -0.381 e. The Labute approximate surface area is 117 Å². The number of rotatable bonds is 5. The van der Waals surface area contributed by atoms with Crippen molar-refractivity contribution >= 4 is 17.3 Å². The van der Waals surface area contributed by atoms with Crippen LogP contribution in [0.4, 0.5) is 10.1 Å². The standard InChI is InChI=1S/C15H15ClFNO/c1-19-10-12-4-2-3-11(5-12)9-18-15-7-13(16)6-14(17)8-15/h2-8,18H,9-10H2,1H3. The fraction of sp³-hybridized carbons (Fsp3) is 0.200. The third kappa shape index (κ3) is 4.23. The zero-order valence-corrected chi connectivity index (χ0v) is 11.4. The average Bonchev–Trinajstić information content (AvgIpc) is 2.36. The minimum atomic E-state index is -0.344. The molecule has 0 saturated carbocycles. The van der Waals surface area contributed by atoms with Gasteiger partial charge in [0.2, 0.25) is 0 Å². The van der Waals surface area contributed by atoms with E-state index in [9.17, 15) is 4.39 Å². The van der Waals surface area contributed by atoms with Gasteiger partial charge in [0.05, 0.1) is 6.61 Å². The summed E-state index contributed by atoms with van der Waals surface area (Å²) in [5, 5.41) is 3.53. The third-order valence-corrected chi connectivity index (χ3v) is 2.88. The number of hydrogen-bond acceptors (Lipinski definition) is 2. The number of methoxy groups -OCH3 is 1. The van der Waals surface area contributed by atoms with Gasteiger partial charge in [0, 0.05) is 24.4 Å². The molecule has 0 spiro atoms. The molecule has 0 fully saturated rings. The van der Waals surface area contributed by atoms with Crippen LogP contribution in [-0.2, 0) is 17.9 Å². The first-order chi connectivity index (χ1) is 9.17. The van der Waals surface area contributed by atoms with E-state index in [1.54, 1.807) is 13.2 Å². The summed E-state index contributed by atoms with van der Waals surface area (Å²) in [4.78, 5) is 0. The van der Waals surface area contributed by atoms with Crippen molar-refractivity contribution in [2.45, 2.75) is 13.2 Å². The molecule has 2 aromatic rings. The topological polar surface area (TPSA) is 21.3 Å². The van der Waals surface area contributed by atoms with Crippen LogP contribution in [0.25, 0.3) is 0 Å². The molecule has 4 heteroatoms. The van der Waals surface area contributed by atoms with Gasteiger partial charge in [0.15, 0.2) is 0 Å². The van der Waals surface area contributed by atoms with Gasteiger partial charge in [0.1, 0.15) is 5.82 Å². The Kier molecular flexibility index (Phi) is 4.77. The van der Waals surface area contributed by atoms with Crippen LogP contribution in [0.1, 0.15) is 11.1 Å². The fourth-order valence-corrected chi connectivity index (χ4v) is 2.08. The number of halogens is 2. The molecule has 100 valence electrons. The van der Waals surface area contributed by atoms with Crippen LogP contribution in [0.5, 0.6) is 0 Å². The number of ether oxygens (including phenoxy) is 1. The zero-order valence-electron chi connectivity index (χ0n) is 10.6. The second-order valence-corrected chi connectivity index (χ2v) is 4.70. The van der Waals surface area contributed by atoms with Crippen molar-refractivity contribution in [1.29, 1.82) is 0 Å². The molecule has 2 aromatic carbocycles. The van der Waals surface area contributed by atoms with Crippen LogP contribution in [0.3, 0.4) is 0 Å². The van der Waals surface area contributed by atoms with Crippen molar-refractivity contribution in [1.82, 2.24) is 0 Å². The van der Waals surface area contributed by atoms with Crippen LogP contribution >= 0.6 is 11.6 Å². The maximum atomic E-state index is 13.2. The van der Waals surface area contributed by atoms with Crippen molar-refractivity contribution in [3.05, 3.63) is 64.4 Å². The molecule has 0 unspecified atom stereocenters. The zero-order chi connectivity index (χ0) is 13.7. The number of hydrogen-bond donors (Lipinski definition) is 1. The molecule has 0 atom stereocenters. The van der Waals surface area contributed by atoms with Gasteiger partial charge in [-0.25, -0.2) is 4.39 Å². The van der Waals surface area contributed by atoms with Gasteiger partial charge < -0.3 is 10.1 Å². The van der Waals surface area contributed by atoms with E-state index in [0.717, 1.165) is 11.1 Å². The summed E-state index contributed by atoms with van der Waals surface area (Å²) in [7, 11) is 1.67. The lowest BCUT2D eigenvalue weighted by Gasteiger charge is -2.08. The van der Waals surface area contributed by atoms with E-state index in [1.165, 1.54) is 12.1 Å². The van der Waals surface area contributed by atoms with Crippen LogP contribution in [-0.4, -0.2) is 7.11 Å². The molecular formula is C15H15ClFNO. The predicted octanol–water partition coefficient (Wildman–Crippen LogP) is 4.24. The summed E-state index contributed by atoms with van der Waals surface area (Å²) in [6.07, 6.45) is 0. The smallest absolute Gasteiger partial charge is 0.126 e. The molecule has 0 saturated heterocycles. The van der Waals surface area contributed by atoms with Gasteiger partial charge >= 0.3 is 0 Å². The van der Waals surface area contributed by atoms with Crippen LogP contribution < -0.4 is 5.32 Å². The van der Waals surface area contributed by atoms with E-state index in [4.69, 9.17) is 16.3 Å². The van der Waals surface area contributed by atoms with Gasteiger partial charge in [0.25, 0.3) is 0 Å². The van der Waals surface area contributed by atoms with Gasteiger partial charge in [-0.05, 0) is 29.3 Å². The van der Waals surface area contributed by atoms with E-state index in [-0.39, 0.29) is 5.82 Å². The summed E-state index contributed by atoms with van der Waals surface area (Å²) in [5.74, 6) is -0.344. The maximum Gasteiger partial charge on any atom is 0.126 e. The van der Waals surface area contributed by atoms with Gasteiger partial charge in [-0.1, -0.05) is 35.9 Å². The first kappa shape index (κ1) is 13.8. The molecule has 2 nitrogen and oxygen atoms in total. The van der Waals surface area contributed by atoms with Crippen molar-refractivity contribution in [3.8, 4) is 0 Å². The maximum absolute atomic E-state index is 13.2. The van der Waals surface area contributed by atoms with E-state index >= 15 is 0 Å². The van der Waals surface area contributed by atoms with E-state index in [1.807, 2.05) is 18.2 Å². The van der Waals surface area contributed by atoms with Gasteiger partial charge in [-0.2, -0.15) is 0 Å². The second-order valence-electron chi connectivity index (χ2n) is 4.26. The highest BCUT2D eigenvalue weighted by Gasteiger charge is 2.00. The summed E-state index contributed by atoms with van der Waals surface area (Å²) >= 11 is 5.80. The largest absolute Gasteiger partial charge is 0.381 e. The Hall–Kier alpha value is -1.58. The summed E-state index contributed by atoms with van der Waals surface area (Å²) in [5.41, 5.74) is 2.89. The molecule has 2 rings (SSSR count). The molecule has 0 aromatic heterocycles. The summed E-state index contributed by atoms with van der Waals surface area (Å²) < 4.78 is 18.3. The Bertz CT molecular complexity index is 539. The molecule has 0 radical (unpaired) electrons. The van der Waals surface area contributed by atoms with Crippen LogP contribution in [0.2, 0.25) is 5.02 Å². The van der Waals surface area contributed by atoms with Crippen molar-refractivity contribution in [2.75, 3.05) is 12.4 Å². The monoisotopic (exact) mass is 279 g/mol. The van der Waals surface area contributed by atoms with Gasteiger partial charge in [-0.3, -0.25) is 0 Å². The van der Waals surface area contributed by atoms with E-state index < -0.39 is 0 Å². The Morgan fingerprint density at radius 2 is 1.95 bits per heavy atom. The molecule has 0 amide bonds. The number of benzene rings is 2. The summed E-state index contributed by atoms with van der Waals surface area (Å²) in [6.45, 7) is 1.19. The average molecular weight is 280 g/mol. The number of nitrogens with one attached hydrogen (secondary N) is 1. The fourth-order valence-electron chi connectivity index (χ4n) is 1.86. The van der Waals surface area contributed by atoms with Crippen LogP contribution in [0.15, 0.2) is 42.5 Å². The molecule has 0 aliphatic carbocycles. The lowest BCUT2D eigenvalue weighted by atomic mass is 10.1. The quantitative estimate of drug-likeness (QED) is 0.884. The normalized spacial score (nSPS) is 10.5. The highest BCUT2D eigenvalue weighted by Crippen LogP contribution is 2.19. The first-order valence-electron chi connectivity index (χ1n) is 5.94. The predicted molar refractivity (Wildman–Crippen MR) is 75.9 cm³/mol. The van der Waals surface area contributed by atoms with E-state index in [2.05, 4.69) is 11.4 Å². The Morgan fingerprint density at radius 1 is 1.16 bits per heavy atom. The molecule has 0 aliphatic rings. The molecule has 0 bridgehead atoms. The molecule has 19 heavy (non-hydrogen) atoms. The third-order valence-electron chi connectivity index (χ3n) is 2.66. The summed E-state index contributed by atoms with van der Waals surface area (Å²) in [6, 6.07) is 12.4. The van der Waals surface area contributed by atoms with Gasteiger partial charge in [-0.15, -0.1) is 0 Å². The molecule has 0 aliphatic heterocycles. The van der Waals surface area contributed by atoms with Crippen molar-refractivity contribution in [2.24, 2.45) is 0 Å².